The van der Waals surface area contributed by atoms with Crippen molar-refractivity contribution in [1.82, 2.24) is 15.0 Å². The fourth-order valence-corrected chi connectivity index (χ4v) is 4.71. The van der Waals surface area contributed by atoms with Crippen molar-refractivity contribution < 1.29 is 23.8 Å². The van der Waals surface area contributed by atoms with E-state index >= 15 is 0 Å². The highest BCUT2D eigenvalue weighted by Crippen LogP contribution is 2.30. The third-order valence-corrected chi connectivity index (χ3v) is 6.81. The van der Waals surface area contributed by atoms with Gasteiger partial charge in [0.2, 0.25) is 0 Å². The van der Waals surface area contributed by atoms with E-state index in [1.165, 1.54) is 0 Å². The molecule has 0 radical (unpaired) electrons. The summed E-state index contributed by atoms with van der Waals surface area (Å²) in [5.41, 5.74) is 3.86. The molecule has 10 heteroatoms. The van der Waals surface area contributed by atoms with Crippen LogP contribution in [0.1, 0.15) is 51.2 Å². The highest BCUT2D eigenvalue weighted by atomic mass is 16.8. The van der Waals surface area contributed by atoms with Gasteiger partial charge in [0.1, 0.15) is 35.2 Å². The van der Waals surface area contributed by atoms with E-state index in [0.29, 0.717) is 55.7 Å². The summed E-state index contributed by atoms with van der Waals surface area (Å²) in [5, 5.41) is 14.6. The normalized spacial score (nSPS) is 16.2. The monoisotopic (exact) mass is 569 g/mol. The Kier molecular flexibility index (Phi) is 9.00. The average Bonchev–Trinajstić information content (AvgIpc) is 2.98. The summed E-state index contributed by atoms with van der Waals surface area (Å²) in [4.78, 5) is 26.2. The molecule has 4 heterocycles. The van der Waals surface area contributed by atoms with Crippen molar-refractivity contribution >= 4 is 23.4 Å². The molecule has 2 aromatic heterocycles. The zero-order valence-corrected chi connectivity index (χ0v) is 24.1. The molecule has 0 atom stereocenters. The Labute approximate surface area is 245 Å². The number of nitriles is 1. The van der Waals surface area contributed by atoms with Crippen LogP contribution in [-0.4, -0.2) is 59.2 Å². The molecule has 42 heavy (non-hydrogen) atoms. The predicted molar refractivity (Wildman–Crippen MR) is 158 cm³/mol. The number of anilines is 2. The summed E-state index contributed by atoms with van der Waals surface area (Å²) in [5.74, 6) is 1.90. The van der Waals surface area contributed by atoms with Gasteiger partial charge in [0.05, 0.1) is 25.3 Å². The number of hydrogen-bond donors (Lipinski definition) is 1. The molecule has 0 saturated carbocycles. The molecule has 0 spiro atoms. The Morgan fingerprint density at radius 3 is 2.52 bits per heavy atom. The van der Waals surface area contributed by atoms with Crippen LogP contribution in [0.5, 0.6) is 5.75 Å². The molecule has 0 unspecified atom stereocenters. The van der Waals surface area contributed by atoms with Crippen LogP contribution in [0.15, 0.2) is 60.9 Å². The number of hydroxylamine groups is 2. The molecule has 10 nitrogen and oxygen atoms in total. The Morgan fingerprint density at radius 2 is 1.83 bits per heavy atom. The maximum atomic E-state index is 11.9. The molecule has 1 fully saturated rings. The molecule has 1 aromatic carbocycles. The maximum absolute atomic E-state index is 11.9. The largest absolute Gasteiger partial charge is 0.528 e. The van der Waals surface area contributed by atoms with Gasteiger partial charge in [-0.2, -0.15) is 5.26 Å². The Bertz CT molecular complexity index is 1470. The first-order valence-corrected chi connectivity index (χ1v) is 14.1. The molecule has 2 aliphatic heterocycles. The molecule has 1 N–H and O–H groups in total. The summed E-state index contributed by atoms with van der Waals surface area (Å²) >= 11 is 0. The number of carbonyl (C=O) groups is 1. The SMILES string of the molecule is CC(C)(C)OC(=O)ON1CC=C(c2ccc(Nc3cc(-c4ccc(OC5CCOCC5)c(C#N)c4)ccn3)nc2)CC1. The van der Waals surface area contributed by atoms with Gasteiger partial charge in [-0.25, -0.2) is 14.8 Å². The van der Waals surface area contributed by atoms with Crippen molar-refractivity contribution in [3.63, 3.8) is 0 Å². The van der Waals surface area contributed by atoms with E-state index < -0.39 is 11.8 Å². The van der Waals surface area contributed by atoms with E-state index in [0.717, 1.165) is 35.1 Å². The fraction of sp³-hybridized carbons (Fsp3) is 0.375. The second kappa shape index (κ2) is 13.0. The standard InChI is InChI=1S/C32H35N5O5/c1-32(2,3)41-31(38)42-37-14-9-22(10-15-37)25-5-7-29(35-21-25)36-30-19-24(8-13-34-30)23-4-6-28(26(18-23)20-33)40-27-11-16-39-17-12-27/h4-9,13,18-19,21,27H,10-12,14-17H2,1-3H3,(H,34,35,36). The Hall–Kier alpha value is -4.46. The summed E-state index contributed by atoms with van der Waals surface area (Å²) in [6.45, 7) is 7.80. The lowest BCUT2D eigenvalue weighted by atomic mass is 10.0. The van der Waals surface area contributed by atoms with Crippen LogP contribution in [-0.2, 0) is 14.3 Å². The molecule has 0 bridgehead atoms. The van der Waals surface area contributed by atoms with Crippen LogP contribution in [0.3, 0.4) is 0 Å². The van der Waals surface area contributed by atoms with Crippen LogP contribution in [0.25, 0.3) is 16.7 Å². The van der Waals surface area contributed by atoms with Gasteiger partial charge in [0.25, 0.3) is 0 Å². The minimum Gasteiger partial charge on any atom is -0.489 e. The third kappa shape index (κ3) is 7.84. The van der Waals surface area contributed by atoms with Gasteiger partial charge >= 0.3 is 6.16 Å². The second-order valence-corrected chi connectivity index (χ2v) is 11.2. The summed E-state index contributed by atoms with van der Waals surface area (Å²) < 4.78 is 16.7. The Morgan fingerprint density at radius 1 is 1.05 bits per heavy atom. The van der Waals surface area contributed by atoms with Crippen LogP contribution < -0.4 is 10.1 Å². The minimum atomic E-state index is -0.698. The topological polar surface area (TPSA) is 119 Å². The molecule has 3 aromatic rings. The molecular weight excluding hydrogens is 534 g/mol. The average molecular weight is 570 g/mol. The van der Waals surface area contributed by atoms with Gasteiger partial charge in [-0.3, -0.25) is 0 Å². The minimum absolute atomic E-state index is 0.0644. The van der Waals surface area contributed by atoms with Crippen molar-refractivity contribution in [2.75, 3.05) is 31.6 Å². The number of pyridine rings is 2. The molecule has 0 amide bonds. The van der Waals surface area contributed by atoms with Gasteiger partial charge in [0.15, 0.2) is 0 Å². The van der Waals surface area contributed by atoms with Crippen molar-refractivity contribution in [2.45, 2.75) is 51.7 Å². The number of hydrogen-bond acceptors (Lipinski definition) is 10. The van der Waals surface area contributed by atoms with E-state index in [2.05, 4.69) is 21.4 Å². The smallest absolute Gasteiger partial charge is 0.489 e. The molecule has 5 rings (SSSR count). The quantitative estimate of drug-likeness (QED) is 0.326. The zero-order chi connectivity index (χ0) is 29.5. The Balaban J connectivity index is 1.20. The molecule has 0 aliphatic carbocycles. The number of nitrogens with zero attached hydrogens (tertiary/aromatic N) is 4. The van der Waals surface area contributed by atoms with Gasteiger partial charge in [-0.15, -0.1) is 5.06 Å². The summed E-state index contributed by atoms with van der Waals surface area (Å²) in [7, 11) is 0. The van der Waals surface area contributed by atoms with Gasteiger partial charge < -0.3 is 24.4 Å². The van der Waals surface area contributed by atoms with Crippen LogP contribution in [0.2, 0.25) is 0 Å². The van der Waals surface area contributed by atoms with E-state index in [1.807, 2.05) is 54.7 Å². The first kappa shape index (κ1) is 29.0. The molecule has 1 saturated heterocycles. The van der Waals surface area contributed by atoms with Crippen LogP contribution >= 0.6 is 0 Å². The lowest BCUT2D eigenvalue weighted by molar-refractivity contribution is -0.137. The van der Waals surface area contributed by atoms with Crippen molar-refractivity contribution in [2.24, 2.45) is 0 Å². The summed E-state index contributed by atoms with van der Waals surface area (Å²) in [6.07, 6.45) is 7.29. The van der Waals surface area contributed by atoms with Gasteiger partial charge in [-0.05, 0) is 85.9 Å². The number of nitrogens with one attached hydrogen (secondary N) is 1. The number of ether oxygens (including phenoxy) is 3. The van der Waals surface area contributed by atoms with Crippen molar-refractivity contribution in [3.05, 3.63) is 72.1 Å². The number of rotatable bonds is 7. The number of benzene rings is 1. The second-order valence-electron chi connectivity index (χ2n) is 11.2. The van der Waals surface area contributed by atoms with Crippen LogP contribution in [0.4, 0.5) is 16.4 Å². The molecule has 2 aliphatic rings. The lowest BCUT2D eigenvalue weighted by Gasteiger charge is -2.26. The molecule has 218 valence electrons. The van der Waals surface area contributed by atoms with Gasteiger partial charge in [-0.1, -0.05) is 12.1 Å². The van der Waals surface area contributed by atoms with E-state index in [9.17, 15) is 10.1 Å². The number of carbonyl (C=O) groups excluding carboxylic acids is 1. The maximum Gasteiger partial charge on any atom is 0.528 e. The number of aromatic nitrogens is 2. The van der Waals surface area contributed by atoms with Crippen molar-refractivity contribution in [1.29, 1.82) is 5.26 Å². The van der Waals surface area contributed by atoms with E-state index in [-0.39, 0.29) is 6.10 Å². The fourth-order valence-electron chi connectivity index (χ4n) is 4.71. The highest BCUT2D eigenvalue weighted by Gasteiger charge is 2.22. The van der Waals surface area contributed by atoms with E-state index in [1.54, 1.807) is 32.0 Å². The lowest BCUT2D eigenvalue weighted by Crippen LogP contribution is -2.34. The van der Waals surface area contributed by atoms with E-state index in [4.69, 9.17) is 19.0 Å². The summed E-state index contributed by atoms with van der Waals surface area (Å²) in [6, 6.07) is 15.7. The third-order valence-electron chi connectivity index (χ3n) is 6.81. The molecular formula is C32H35N5O5. The van der Waals surface area contributed by atoms with Crippen molar-refractivity contribution in [3.8, 4) is 22.9 Å². The van der Waals surface area contributed by atoms with Crippen LogP contribution in [0, 0.1) is 11.3 Å². The first-order chi connectivity index (χ1) is 20.3. The zero-order valence-electron chi connectivity index (χ0n) is 24.1. The highest BCUT2D eigenvalue weighted by molar-refractivity contribution is 5.71. The van der Waals surface area contributed by atoms with Gasteiger partial charge in [0, 0.05) is 31.8 Å². The first-order valence-electron chi connectivity index (χ1n) is 14.1. The predicted octanol–water partition coefficient (Wildman–Crippen LogP) is 6.27.